The van der Waals surface area contributed by atoms with Gasteiger partial charge in [-0.05, 0) is 19.3 Å². The van der Waals surface area contributed by atoms with Crippen LogP contribution in [-0.4, -0.2) is 30.0 Å². The van der Waals surface area contributed by atoms with Crippen LogP contribution >= 0.6 is 0 Å². The molecular weight excluding hydrogens is 180 g/mol. The molecule has 1 rings (SSSR count). The van der Waals surface area contributed by atoms with Crippen molar-refractivity contribution in [2.75, 3.05) is 13.1 Å². The first-order valence-electron chi connectivity index (χ1n) is 5.12. The smallest absolute Gasteiger partial charge is 0.329 e. The van der Waals surface area contributed by atoms with Gasteiger partial charge in [-0.1, -0.05) is 6.92 Å². The van der Waals surface area contributed by atoms with Crippen molar-refractivity contribution in [3.05, 3.63) is 0 Å². The average molecular weight is 198 g/mol. The molecule has 80 valence electrons. The summed E-state index contributed by atoms with van der Waals surface area (Å²) in [6.45, 7) is 7.09. The van der Waals surface area contributed by atoms with Crippen molar-refractivity contribution < 1.29 is 9.63 Å². The van der Waals surface area contributed by atoms with Crippen LogP contribution in [0.1, 0.15) is 33.6 Å². The first kappa shape index (κ1) is 11.0. The molecule has 0 N–H and O–H groups in total. The van der Waals surface area contributed by atoms with Gasteiger partial charge in [-0.25, -0.2) is 0 Å². The number of carbonyl (C=O) groups is 1. The van der Waals surface area contributed by atoms with E-state index in [0.717, 1.165) is 31.8 Å². The molecule has 0 saturated carbocycles. The Bertz CT molecular complexity index is 238. The Morgan fingerprint density at radius 2 is 2.43 bits per heavy atom. The third kappa shape index (κ3) is 3.01. The van der Waals surface area contributed by atoms with Gasteiger partial charge in [0.15, 0.2) is 0 Å². The first-order valence-corrected chi connectivity index (χ1v) is 5.12. The standard InChI is InChI=1S/C10H18N2O2/c1-4-11-10-7-8(2)5-6-12(10)14-9(3)13/h8H,4-7H2,1-3H3. The van der Waals surface area contributed by atoms with Crippen LogP contribution in [0.3, 0.4) is 0 Å². The monoisotopic (exact) mass is 198 g/mol. The van der Waals surface area contributed by atoms with Gasteiger partial charge < -0.3 is 4.84 Å². The highest BCUT2D eigenvalue weighted by Crippen LogP contribution is 2.18. The minimum absolute atomic E-state index is 0.275. The Balaban J connectivity index is 2.62. The molecule has 0 aliphatic carbocycles. The van der Waals surface area contributed by atoms with Gasteiger partial charge in [-0.3, -0.25) is 9.79 Å². The average Bonchev–Trinajstić information content (AvgIpc) is 2.09. The third-order valence-corrected chi connectivity index (χ3v) is 2.22. The van der Waals surface area contributed by atoms with E-state index in [2.05, 4.69) is 11.9 Å². The molecule has 4 nitrogen and oxygen atoms in total. The van der Waals surface area contributed by atoms with E-state index < -0.39 is 0 Å². The summed E-state index contributed by atoms with van der Waals surface area (Å²) in [5.74, 6) is 1.26. The Labute approximate surface area is 84.9 Å². The fourth-order valence-corrected chi connectivity index (χ4v) is 1.56. The minimum Gasteiger partial charge on any atom is -0.340 e. The Kier molecular flexibility index (Phi) is 3.92. The van der Waals surface area contributed by atoms with Crippen LogP contribution in [0.25, 0.3) is 0 Å². The molecule has 1 heterocycles. The van der Waals surface area contributed by atoms with Crippen LogP contribution in [0.5, 0.6) is 0 Å². The number of hydroxylamine groups is 2. The maximum absolute atomic E-state index is 10.8. The fraction of sp³-hybridized carbons (Fsp3) is 0.800. The number of aliphatic imine (C=N–C) groups is 1. The zero-order valence-corrected chi connectivity index (χ0v) is 9.12. The molecule has 1 unspecified atom stereocenters. The van der Waals surface area contributed by atoms with E-state index in [9.17, 15) is 4.79 Å². The SMILES string of the molecule is CCN=C1CC(C)CCN1OC(C)=O. The summed E-state index contributed by atoms with van der Waals surface area (Å²) in [5, 5.41) is 1.63. The minimum atomic E-state index is -0.275. The third-order valence-electron chi connectivity index (χ3n) is 2.22. The number of amidine groups is 1. The molecular formula is C10H18N2O2. The van der Waals surface area contributed by atoms with Crippen molar-refractivity contribution >= 4 is 11.8 Å². The molecule has 1 saturated heterocycles. The van der Waals surface area contributed by atoms with Crippen LogP contribution < -0.4 is 0 Å². The van der Waals surface area contributed by atoms with Crippen molar-refractivity contribution in [3.63, 3.8) is 0 Å². The van der Waals surface area contributed by atoms with Gasteiger partial charge in [-0.2, -0.15) is 5.06 Å². The molecule has 1 atom stereocenters. The number of nitrogens with zero attached hydrogens (tertiary/aromatic N) is 2. The molecule has 0 bridgehead atoms. The second-order valence-corrected chi connectivity index (χ2v) is 3.67. The molecule has 0 amide bonds. The number of hydrogen-bond donors (Lipinski definition) is 0. The molecule has 0 spiro atoms. The predicted molar refractivity (Wildman–Crippen MR) is 54.8 cm³/mol. The number of hydrogen-bond acceptors (Lipinski definition) is 3. The number of rotatable bonds is 2. The van der Waals surface area contributed by atoms with Crippen molar-refractivity contribution in [3.8, 4) is 0 Å². The maximum atomic E-state index is 10.8. The normalized spacial score (nSPS) is 25.2. The van der Waals surface area contributed by atoms with E-state index in [4.69, 9.17) is 4.84 Å². The summed E-state index contributed by atoms with van der Waals surface area (Å²) in [6, 6.07) is 0. The van der Waals surface area contributed by atoms with E-state index >= 15 is 0 Å². The van der Waals surface area contributed by atoms with Gasteiger partial charge in [0.25, 0.3) is 0 Å². The highest BCUT2D eigenvalue weighted by molar-refractivity contribution is 5.83. The summed E-state index contributed by atoms with van der Waals surface area (Å²) in [4.78, 5) is 20.2. The second kappa shape index (κ2) is 4.98. The van der Waals surface area contributed by atoms with Crippen LogP contribution in [-0.2, 0) is 9.63 Å². The molecule has 1 aliphatic rings. The van der Waals surface area contributed by atoms with E-state index in [-0.39, 0.29) is 5.97 Å². The number of piperidine rings is 1. The van der Waals surface area contributed by atoms with Gasteiger partial charge in [0.05, 0.1) is 6.54 Å². The molecule has 0 aromatic heterocycles. The molecule has 14 heavy (non-hydrogen) atoms. The topological polar surface area (TPSA) is 41.9 Å². The quantitative estimate of drug-likeness (QED) is 0.677. The van der Waals surface area contributed by atoms with E-state index in [0.29, 0.717) is 5.92 Å². The molecule has 1 aliphatic heterocycles. The van der Waals surface area contributed by atoms with Crippen LogP contribution in [0.2, 0.25) is 0 Å². The van der Waals surface area contributed by atoms with Crippen LogP contribution in [0.4, 0.5) is 0 Å². The van der Waals surface area contributed by atoms with E-state index in [1.54, 1.807) is 5.06 Å². The van der Waals surface area contributed by atoms with Gasteiger partial charge >= 0.3 is 5.97 Å². The first-order chi connectivity index (χ1) is 6.63. The molecule has 0 aromatic carbocycles. The molecule has 1 fully saturated rings. The van der Waals surface area contributed by atoms with E-state index in [1.807, 2.05) is 6.92 Å². The lowest BCUT2D eigenvalue weighted by atomic mass is 9.99. The molecule has 0 aromatic rings. The van der Waals surface area contributed by atoms with Gasteiger partial charge in [0, 0.05) is 19.9 Å². The van der Waals surface area contributed by atoms with E-state index in [1.165, 1.54) is 6.92 Å². The summed E-state index contributed by atoms with van der Waals surface area (Å²) in [7, 11) is 0. The van der Waals surface area contributed by atoms with Crippen molar-refractivity contribution in [2.45, 2.75) is 33.6 Å². The lowest BCUT2D eigenvalue weighted by molar-refractivity contribution is -0.172. The largest absolute Gasteiger partial charge is 0.340 e. The summed E-state index contributed by atoms with van der Waals surface area (Å²) >= 11 is 0. The lowest BCUT2D eigenvalue weighted by Crippen LogP contribution is -2.39. The second-order valence-electron chi connectivity index (χ2n) is 3.67. The van der Waals surface area contributed by atoms with Crippen molar-refractivity contribution in [1.29, 1.82) is 0 Å². The predicted octanol–water partition coefficient (Wildman–Crippen LogP) is 1.61. The van der Waals surface area contributed by atoms with Gasteiger partial charge in [-0.15, -0.1) is 0 Å². The highest BCUT2D eigenvalue weighted by atomic mass is 16.7. The summed E-state index contributed by atoms with van der Waals surface area (Å²) in [5.41, 5.74) is 0. The Morgan fingerprint density at radius 3 is 3.00 bits per heavy atom. The van der Waals surface area contributed by atoms with Gasteiger partial charge in [0.2, 0.25) is 0 Å². The van der Waals surface area contributed by atoms with Crippen molar-refractivity contribution in [2.24, 2.45) is 10.9 Å². The van der Waals surface area contributed by atoms with Crippen molar-refractivity contribution in [1.82, 2.24) is 5.06 Å². The van der Waals surface area contributed by atoms with Crippen LogP contribution in [0, 0.1) is 5.92 Å². The lowest BCUT2D eigenvalue weighted by Gasteiger charge is -2.31. The highest BCUT2D eigenvalue weighted by Gasteiger charge is 2.23. The summed E-state index contributed by atoms with van der Waals surface area (Å²) < 4.78 is 0. The Hall–Kier alpha value is -1.06. The molecule has 4 heteroatoms. The zero-order valence-electron chi connectivity index (χ0n) is 9.12. The fourth-order valence-electron chi connectivity index (χ4n) is 1.56. The maximum Gasteiger partial charge on any atom is 0.329 e. The van der Waals surface area contributed by atoms with Gasteiger partial charge in [0.1, 0.15) is 5.84 Å². The Morgan fingerprint density at radius 1 is 1.71 bits per heavy atom. The van der Waals surface area contributed by atoms with Crippen LogP contribution in [0.15, 0.2) is 4.99 Å². The molecule has 0 radical (unpaired) electrons. The summed E-state index contributed by atoms with van der Waals surface area (Å²) in [6.07, 6.45) is 1.96. The zero-order chi connectivity index (χ0) is 10.6. The number of carbonyl (C=O) groups excluding carboxylic acids is 1.